The SMILES string of the molecule is CC(C)Cc1cc(-c2[c-]cc(C(C)(C)C)cc2)ncc1[Si](C)(C)C.Cc1ccc2ccc3nc(-c4[c-]cc(C)c5c4oc4ncccc45)n(C(C)(C)C)c3c2n1.[Ir]. The quantitative estimate of drug-likeness (QED) is 0.127. The first-order valence-electron chi connectivity index (χ1n) is 19.8. The van der Waals surface area contributed by atoms with Gasteiger partial charge in [0.1, 0.15) is 0 Å². The van der Waals surface area contributed by atoms with Crippen molar-refractivity contribution < 1.29 is 24.5 Å². The Morgan fingerprint density at radius 3 is 2.25 bits per heavy atom. The van der Waals surface area contributed by atoms with Crippen LogP contribution in [0.5, 0.6) is 0 Å². The minimum atomic E-state index is -1.38. The Morgan fingerprint density at radius 1 is 0.860 bits per heavy atom. The molecule has 0 atom stereocenters. The number of furan rings is 1. The average Bonchev–Trinajstić information content (AvgIpc) is 3.72. The van der Waals surface area contributed by atoms with Gasteiger partial charge in [-0.2, -0.15) is 0 Å². The predicted molar refractivity (Wildman–Crippen MR) is 238 cm³/mol. The Labute approximate surface area is 352 Å². The Morgan fingerprint density at radius 2 is 1.60 bits per heavy atom. The van der Waals surface area contributed by atoms with Crippen LogP contribution in [-0.4, -0.2) is 32.6 Å². The van der Waals surface area contributed by atoms with Gasteiger partial charge in [-0.15, -0.1) is 53.1 Å². The van der Waals surface area contributed by atoms with Gasteiger partial charge in [-0.25, -0.2) is 4.98 Å². The predicted octanol–water partition coefficient (Wildman–Crippen LogP) is 12.3. The number of aromatic nitrogens is 5. The number of benzene rings is 3. The van der Waals surface area contributed by atoms with Crippen molar-refractivity contribution >= 4 is 57.3 Å². The van der Waals surface area contributed by atoms with E-state index < -0.39 is 8.07 Å². The molecule has 8 aromatic rings. The van der Waals surface area contributed by atoms with Gasteiger partial charge < -0.3 is 14.0 Å². The number of hydrogen-bond acceptors (Lipinski definition) is 5. The zero-order chi connectivity index (χ0) is 40.3. The third-order valence-electron chi connectivity index (χ3n) is 10.4. The standard InChI is InChI=1S/C27H23N4O.C22H32NSi.Ir/c1-15-8-12-19(24-21(15)18-7-6-14-28-26(18)32-24)25-30-20-13-11-17-10-9-16(2)29-22(17)23(20)31(25)27(3,4)5;1-16(2)13-18-14-20(23-15-21(18)24(6,7)8)17-9-11-19(12-10-17)22(3,4)5;/h6-11,13-14H,1-5H3;9,11-12,14-16H,13H2,1-8H3;/q2*-1;. The Hall–Kier alpha value is -4.49. The van der Waals surface area contributed by atoms with Gasteiger partial charge in [0.15, 0.2) is 0 Å². The molecular formula is C49H55IrN5OSi-2. The summed E-state index contributed by atoms with van der Waals surface area (Å²) in [6, 6.07) is 30.1. The molecule has 0 saturated carbocycles. The number of nitrogens with zero attached hydrogens (tertiary/aromatic N) is 5. The summed E-state index contributed by atoms with van der Waals surface area (Å²) in [4.78, 5) is 19.2. The fourth-order valence-corrected chi connectivity index (χ4v) is 9.21. The van der Waals surface area contributed by atoms with Crippen LogP contribution in [0.2, 0.25) is 19.6 Å². The monoisotopic (exact) mass is 950 g/mol. The van der Waals surface area contributed by atoms with E-state index in [0.29, 0.717) is 11.6 Å². The van der Waals surface area contributed by atoms with Crippen molar-refractivity contribution in [3.63, 3.8) is 0 Å². The maximum Gasteiger partial charge on any atom is 0.216 e. The second-order valence-electron chi connectivity index (χ2n) is 18.7. The molecule has 0 amide bonds. The van der Waals surface area contributed by atoms with E-state index >= 15 is 0 Å². The molecule has 5 heterocycles. The van der Waals surface area contributed by atoms with Gasteiger partial charge in [-0.3, -0.25) is 9.97 Å². The average molecular weight is 950 g/mol. The summed E-state index contributed by atoms with van der Waals surface area (Å²) in [6.07, 6.45) is 5.01. The smallest absolute Gasteiger partial charge is 0.216 e. The summed E-state index contributed by atoms with van der Waals surface area (Å²) < 4.78 is 8.55. The van der Waals surface area contributed by atoms with E-state index in [9.17, 15) is 0 Å². The van der Waals surface area contributed by atoms with Gasteiger partial charge in [0.25, 0.3) is 0 Å². The van der Waals surface area contributed by atoms with Gasteiger partial charge in [0.05, 0.1) is 36.0 Å². The largest absolute Gasteiger partial charge is 0.486 e. The molecule has 0 bridgehead atoms. The number of rotatable bonds is 5. The number of imidazole rings is 1. The number of fused-ring (bicyclic) bond motifs is 6. The molecule has 297 valence electrons. The molecule has 57 heavy (non-hydrogen) atoms. The summed E-state index contributed by atoms with van der Waals surface area (Å²) in [5.74, 6) is 1.48. The van der Waals surface area contributed by atoms with Crippen molar-refractivity contribution in [1.29, 1.82) is 0 Å². The van der Waals surface area contributed by atoms with E-state index in [0.717, 1.165) is 78.6 Å². The van der Waals surface area contributed by atoms with Crippen LogP contribution in [0.4, 0.5) is 0 Å². The number of pyridine rings is 3. The second kappa shape index (κ2) is 15.7. The molecule has 8 heteroatoms. The van der Waals surface area contributed by atoms with Gasteiger partial charge in [-0.05, 0) is 80.6 Å². The first-order chi connectivity index (χ1) is 26.3. The van der Waals surface area contributed by atoms with Crippen molar-refractivity contribution in [2.45, 2.75) is 106 Å². The normalized spacial score (nSPS) is 12.4. The van der Waals surface area contributed by atoms with Crippen LogP contribution < -0.4 is 5.19 Å². The van der Waals surface area contributed by atoms with Crippen molar-refractivity contribution in [1.82, 2.24) is 24.5 Å². The van der Waals surface area contributed by atoms with E-state index in [4.69, 9.17) is 19.4 Å². The molecule has 0 N–H and O–H groups in total. The molecule has 6 nitrogen and oxygen atoms in total. The molecule has 5 aromatic heterocycles. The minimum Gasteiger partial charge on any atom is -0.486 e. The van der Waals surface area contributed by atoms with Crippen molar-refractivity contribution in [2.24, 2.45) is 5.92 Å². The third-order valence-corrected chi connectivity index (χ3v) is 12.5. The molecule has 0 aliphatic heterocycles. The van der Waals surface area contributed by atoms with Gasteiger partial charge in [0, 0.05) is 54.5 Å². The fraction of sp³-hybridized carbons (Fsp3) is 0.347. The summed E-state index contributed by atoms with van der Waals surface area (Å²) in [5, 5.41) is 4.67. The molecule has 0 spiro atoms. The van der Waals surface area contributed by atoms with E-state index in [1.165, 1.54) is 16.3 Å². The number of hydrogen-bond donors (Lipinski definition) is 0. The van der Waals surface area contributed by atoms with Crippen LogP contribution in [0.15, 0.2) is 83.5 Å². The van der Waals surface area contributed by atoms with Crippen LogP contribution in [-0.2, 0) is 37.5 Å². The Balaban J connectivity index is 0.000000198. The second-order valence-corrected chi connectivity index (χ2v) is 23.8. The Kier molecular flexibility index (Phi) is 11.6. The van der Waals surface area contributed by atoms with Crippen LogP contribution in [0, 0.1) is 31.9 Å². The molecule has 8 rings (SSSR count). The molecule has 0 saturated heterocycles. The molecule has 0 aliphatic carbocycles. The van der Waals surface area contributed by atoms with Crippen LogP contribution in [0.25, 0.3) is 66.7 Å². The molecular weight excluding hydrogens is 895 g/mol. The van der Waals surface area contributed by atoms with Crippen LogP contribution >= 0.6 is 0 Å². The zero-order valence-corrected chi connectivity index (χ0v) is 39.2. The summed E-state index contributed by atoms with van der Waals surface area (Å²) >= 11 is 0. The maximum absolute atomic E-state index is 6.28. The molecule has 3 aromatic carbocycles. The van der Waals surface area contributed by atoms with E-state index in [1.807, 2.05) is 25.1 Å². The van der Waals surface area contributed by atoms with Crippen molar-refractivity contribution in [2.75, 3.05) is 0 Å². The zero-order valence-electron chi connectivity index (χ0n) is 35.8. The summed E-state index contributed by atoms with van der Waals surface area (Å²) in [5.41, 5.74) is 12.1. The summed E-state index contributed by atoms with van der Waals surface area (Å²) in [6.45, 7) is 29.2. The molecule has 1 radical (unpaired) electrons. The maximum atomic E-state index is 6.28. The van der Waals surface area contributed by atoms with Crippen LogP contribution in [0.3, 0.4) is 0 Å². The first-order valence-corrected chi connectivity index (χ1v) is 23.3. The van der Waals surface area contributed by atoms with Gasteiger partial charge in [0.2, 0.25) is 5.71 Å². The van der Waals surface area contributed by atoms with Crippen LogP contribution in [0.1, 0.15) is 77.8 Å². The number of aryl methyl sites for hydroxylation is 2. The molecule has 0 aliphatic rings. The molecule has 0 unspecified atom stereocenters. The Bertz CT molecular complexity index is 2720. The topological polar surface area (TPSA) is 69.6 Å². The molecule has 0 fully saturated rings. The van der Waals surface area contributed by atoms with E-state index in [-0.39, 0.29) is 31.1 Å². The van der Waals surface area contributed by atoms with E-state index in [1.54, 1.807) is 6.20 Å². The summed E-state index contributed by atoms with van der Waals surface area (Å²) in [7, 11) is -1.38. The van der Waals surface area contributed by atoms with Gasteiger partial charge in [-0.1, -0.05) is 95.9 Å². The first kappa shape index (κ1) is 42.1. The van der Waals surface area contributed by atoms with Crippen molar-refractivity contribution in [3.8, 4) is 22.6 Å². The van der Waals surface area contributed by atoms with Gasteiger partial charge >= 0.3 is 0 Å². The van der Waals surface area contributed by atoms with E-state index in [2.05, 4.69) is 158 Å². The third kappa shape index (κ3) is 8.41. The fourth-order valence-electron chi connectivity index (χ4n) is 7.63. The minimum absolute atomic E-state index is 0. The van der Waals surface area contributed by atoms with Crippen molar-refractivity contribution in [3.05, 3.63) is 114 Å².